The Hall–Kier alpha value is -2.46. The van der Waals surface area contributed by atoms with Gasteiger partial charge in [-0.15, -0.1) is 0 Å². The van der Waals surface area contributed by atoms with Crippen molar-refractivity contribution in [1.82, 2.24) is 24.4 Å². The Morgan fingerprint density at radius 2 is 1.97 bits per heavy atom. The van der Waals surface area contributed by atoms with Crippen LogP contribution < -0.4 is 5.32 Å². The van der Waals surface area contributed by atoms with Gasteiger partial charge in [-0.25, -0.2) is 8.42 Å². The zero-order valence-corrected chi connectivity index (χ0v) is 20.0. The molecular weight excluding hydrogens is 485 g/mol. The number of hydrogen-bond acceptors (Lipinski definition) is 5. The number of nitrogens with zero attached hydrogens (tertiary/aromatic N) is 4. The summed E-state index contributed by atoms with van der Waals surface area (Å²) in [5, 5.41) is 7.70. The normalized spacial score (nSPS) is 24.5. The average molecular weight is 506 g/mol. The first-order chi connectivity index (χ1) is 15.7. The summed E-state index contributed by atoms with van der Waals surface area (Å²) in [7, 11) is -1.94. The van der Waals surface area contributed by atoms with Crippen LogP contribution in [0, 0.1) is 11.8 Å². The van der Waals surface area contributed by atoms with Gasteiger partial charge in [-0.3, -0.25) is 14.5 Å². The number of halogens is 2. The van der Waals surface area contributed by atoms with Crippen LogP contribution in [0.1, 0.15) is 16.1 Å². The molecule has 1 aromatic carbocycles. The zero-order chi connectivity index (χ0) is 23.4. The lowest BCUT2D eigenvalue weighted by molar-refractivity contribution is 0.0947. The molecule has 1 aliphatic heterocycles. The molecule has 172 valence electrons. The first kappa shape index (κ1) is 22.3. The fourth-order valence-electron chi connectivity index (χ4n) is 4.94. The summed E-state index contributed by atoms with van der Waals surface area (Å²) >= 11 is 12.1. The average Bonchev–Trinajstić information content (AvgIpc) is 3.14. The summed E-state index contributed by atoms with van der Waals surface area (Å²) in [4.78, 5) is 17.6. The van der Waals surface area contributed by atoms with Gasteiger partial charge in [0.1, 0.15) is 4.90 Å². The summed E-state index contributed by atoms with van der Waals surface area (Å²) in [6.07, 6.45) is 4.58. The highest BCUT2D eigenvalue weighted by Gasteiger charge is 2.70. The van der Waals surface area contributed by atoms with Crippen molar-refractivity contribution in [3.63, 3.8) is 0 Å². The second kappa shape index (κ2) is 8.09. The minimum Gasteiger partial charge on any atom is -0.351 e. The molecule has 2 atom stereocenters. The minimum atomic E-state index is -3.62. The van der Waals surface area contributed by atoms with Crippen LogP contribution >= 0.6 is 23.2 Å². The number of fused-ring (bicyclic) bond motifs is 1. The van der Waals surface area contributed by atoms with Crippen LogP contribution in [0.2, 0.25) is 10.0 Å². The summed E-state index contributed by atoms with van der Waals surface area (Å²) < 4.78 is 29.0. The van der Waals surface area contributed by atoms with Gasteiger partial charge in [0.25, 0.3) is 5.91 Å². The third-order valence-corrected chi connectivity index (χ3v) is 9.01. The van der Waals surface area contributed by atoms with Gasteiger partial charge < -0.3 is 5.32 Å². The highest BCUT2D eigenvalue weighted by atomic mass is 35.5. The van der Waals surface area contributed by atoms with E-state index >= 15 is 0 Å². The third-order valence-electron chi connectivity index (χ3n) is 6.68. The number of sulfonamides is 1. The molecule has 0 radical (unpaired) electrons. The van der Waals surface area contributed by atoms with Gasteiger partial charge in [0, 0.05) is 55.2 Å². The fraction of sp³-hybridized carbons (Fsp3) is 0.318. The SMILES string of the molecule is Cn1cc(S(=O)(=O)N2CC3C(C2)C3(CNC(=O)c2ccc(Cl)cc2Cl)c2ccccn2)cn1. The number of piperidine rings is 1. The number of aromatic nitrogens is 3. The van der Waals surface area contributed by atoms with Crippen molar-refractivity contribution in [2.75, 3.05) is 19.6 Å². The van der Waals surface area contributed by atoms with Crippen LogP contribution in [0.3, 0.4) is 0 Å². The number of benzene rings is 1. The van der Waals surface area contributed by atoms with Crippen LogP contribution in [-0.2, 0) is 22.5 Å². The molecule has 1 saturated carbocycles. The topological polar surface area (TPSA) is 97.2 Å². The Kier molecular flexibility index (Phi) is 5.48. The molecule has 2 unspecified atom stereocenters. The van der Waals surface area contributed by atoms with Gasteiger partial charge in [0.2, 0.25) is 10.0 Å². The lowest BCUT2D eigenvalue weighted by Crippen LogP contribution is -2.41. The van der Waals surface area contributed by atoms with E-state index in [9.17, 15) is 13.2 Å². The van der Waals surface area contributed by atoms with Gasteiger partial charge >= 0.3 is 0 Å². The fourth-order valence-corrected chi connectivity index (χ4v) is 6.91. The van der Waals surface area contributed by atoms with Crippen molar-refractivity contribution < 1.29 is 13.2 Å². The molecule has 0 spiro atoms. The van der Waals surface area contributed by atoms with E-state index in [1.165, 1.54) is 27.4 Å². The second-order valence-electron chi connectivity index (χ2n) is 8.45. The number of carbonyl (C=O) groups excluding carboxylic acids is 1. The first-order valence-electron chi connectivity index (χ1n) is 10.4. The monoisotopic (exact) mass is 505 g/mol. The van der Waals surface area contributed by atoms with Crippen LogP contribution in [-0.4, -0.2) is 53.0 Å². The Morgan fingerprint density at radius 1 is 1.21 bits per heavy atom. The Balaban J connectivity index is 1.37. The summed E-state index contributed by atoms with van der Waals surface area (Å²) in [6, 6.07) is 10.4. The van der Waals surface area contributed by atoms with Gasteiger partial charge in [0.05, 0.1) is 16.8 Å². The Labute approximate surface area is 201 Å². The lowest BCUT2D eigenvalue weighted by Gasteiger charge is -2.26. The summed E-state index contributed by atoms with van der Waals surface area (Å²) in [5.74, 6) is -0.226. The van der Waals surface area contributed by atoms with Crippen LogP contribution in [0.5, 0.6) is 0 Å². The van der Waals surface area contributed by atoms with Crippen molar-refractivity contribution in [2.24, 2.45) is 18.9 Å². The lowest BCUT2D eigenvalue weighted by atomic mass is 9.94. The van der Waals surface area contributed by atoms with Gasteiger partial charge in [-0.05, 0) is 42.2 Å². The van der Waals surface area contributed by atoms with E-state index in [1.807, 2.05) is 18.2 Å². The molecule has 1 aliphatic carbocycles. The molecule has 2 aliphatic rings. The van der Waals surface area contributed by atoms with Gasteiger partial charge in [-0.2, -0.15) is 9.40 Å². The number of aryl methyl sites for hydroxylation is 1. The molecule has 0 bridgehead atoms. The number of rotatable bonds is 6. The summed E-state index contributed by atoms with van der Waals surface area (Å²) in [6.45, 7) is 1.05. The van der Waals surface area contributed by atoms with Crippen LogP contribution in [0.15, 0.2) is 59.9 Å². The number of pyridine rings is 1. The molecule has 8 nitrogen and oxygen atoms in total. The first-order valence-corrected chi connectivity index (χ1v) is 12.6. The second-order valence-corrected chi connectivity index (χ2v) is 11.2. The molecule has 1 saturated heterocycles. The molecule has 5 rings (SSSR count). The molecule has 3 heterocycles. The molecule has 11 heteroatoms. The van der Waals surface area contributed by atoms with Crippen molar-refractivity contribution in [1.29, 1.82) is 0 Å². The van der Waals surface area contributed by atoms with E-state index in [1.54, 1.807) is 25.4 Å². The van der Waals surface area contributed by atoms with E-state index in [0.717, 1.165) is 5.69 Å². The standard InChI is InChI=1S/C22H21Cl2N5O3S/c1-28-10-15(9-27-28)33(31,32)29-11-17-18(12-29)22(17,20-4-2-3-7-25-20)13-26-21(30)16-6-5-14(23)8-19(16)24/h2-10,17-18H,11-13H2,1H3,(H,26,30). The molecule has 2 aromatic heterocycles. The van der Waals surface area contributed by atoms with E-state index in [2.05, 4.69) is 15.4 Å². The maximum absolute atomic E-state index is 13.0. The van der Waals surface area contributed by atoms with Crippen molar-refractivity contribution in [3.8, 4) is 0 Å². The molecular formula is C22H21Cl2N5O3S. The van der Waals surface area contributed by atoms with E-state index in [4.69, 9.17) is 23.2 Å². The quantitative estimate of drug-likeness (QED) is 0.555. The number of carbonyl (C=O) groups is 1. The van der Waals surface area contributed by atoms with E-state index < -0.39 is 15.4 Å². The minimum absolute atomic E-state index is 0.0415. The molecule has 1 N–H and O–H groups in total. The zero-order valence-electron chi connectivity index (χ0n) is 17.6. The number of amides is 1. The molecule has 3 aromatic rings. The predicted molar refractivity (Wildman–Crippen MR) is 124 cm³/mol. The van der Waals surface area contributed by atoms with Crippen molar-refractivity contribution in [3.05, 3.63) is 76.3 Å². The summed E-state index contributed by atoms with van der Waals surface area (Å²) in [5.41, 5.74) is 0.751. The molecule has 1 amide bonds. The molecule has 2 fully saturated rings. The van der Waals surface area contributed by atoms with Gasteiger partial charge in [0.15, 0.2) is 0 Å². The van der Waals surface area contributed by atoms with Crippen molar-refractivity contribution >= 4 is 39.1 Å². The maximum Gasteiger partial charge on any atom is 0.252 e. The molecule has 33 heavy (non-hydrogen) atoms. The number of nitrogens with one attached hydrogen (secondary N) is 1. The third kappa shape index (κ3) is 3.73. The predicted octanol–water partition coefficient (Wildman–Crippen LogP) is 2.74. The maximum atomic E-state index is 13.0. The van der Waals surface area contributed by atoms with E-state index in [0.29, 0.717) is 30.2 Å². The smallest absolute Gasteiger partial charge is 0.252 e. The van der Waals surface area contributed by atoms with Crippen LogP contribution in [0.25, 0.3) is 0 Å². The van der Waals surface area contributed by atoms with Crippen LogP contribution in [0.4, 0.5) is 0 Å². The van der Waals surface area contributed by atoms with E-state index in [-0.39, 0.29) is 27.7 Å². The van der Waals surface area contributed by atoms with Crippen molar-refractivity contribution in [2.45, 2.75) is 10.3 Å². The largest absolute Gasteiger partial charge is 0.351 e. The van der Waals surface area contributed by atoms with Gasteiger partial charge in [-0.1, -0.05) is 29.3 Å². The Bertz CT molecular complexity index is 1320. The Morgan fingerprint density at radius 3 is 2.58 bits per heavy atom. The number of hydrogen-bond donors (Lipinski definition) is 1. The highest BCUT2D eigenvalue weighted by Crippen LogP contribution is 2.63. The highest BCUT2D eigenvalue weighted by molar-refractivity contribution is 7.89.